The zero-order valence-corrected chi connectivity index (χ0v) is 9.60. The summed E-state index contributed by atoms with van der Waals surface area (Å²) in [5.74, 6) is 0.104. The highest BCUT2D eigenvalue weighted by Crippen LogP contribution is 2.05. The van der Waals surface area contributed by atoms with Crippen molar-refractivity contribution in [2.75, 3.05) is 0 Å². The summed E-state index contributed by atoms with van der Waals surface area (Å²) >= 11 is 0. The maximum absolute atomic E-state index is 10.8. The molecule has 84 valence electrons. The molecule has 0 amide bonds. The Labute approximate surface area is 90.2 Å². The summed E-state index contributed by atoms with van der Waals surface area (Å²) in [7, 11) is 1.99. The predicted molar refractivity (Wildman–Crippen MR) is 56.4 cm³/mol. The van der Waals surface area contributed by atoms with Crippen molar-refractivity contribution in [1.82, 2.24) is 4.57 Å². The lowest BCUT2D eigenvalue weighted by Gasteiger charge is -2.05. The molecule has 1 N–H and O–H groups in total. The van der Waals surface area contributed by atoms with Gasteiger partial charge in [-0.15, -0.1) is 0 Å². The van der Waals surface area contributed by atoms with E-state index in [0.717, 1.165) is 12.8 Å². The minimum absolute atomic E-state index is 0.340. The highest BCUT2D eigenvalue weighted by Gasteiger charge is 2.19. The summed E-state index contributed by atoms with van der Waals surface area (Å²) in [5, 5.41) is 8.85. The van der Waals surface area contributed by atoms with E-state index >= 15 is 0 Å². The van der Waals surface area contributed by atoms with Gasteiger partial charge in [-0.3, -0.25) is 4.79 Å². The van der Waals surface area contributed by atoms with E-state index in [4.69, 9.17) is 5.11 Å². The van der Waals surface area contributed by atoms with Gasteiger partial charge in [-0.2, -0.15) is 0 Å². The molecule has 0 saturated heterocycles. The molecule has 0 fully saturated rings. The van der Waals surface area contributed by atoms with Crippen molar-refractivity contribution in [3.05, 3.63) is 18.2 Å². The van der Waals surface area contributed by atoms with E-state index in [2.05, 4.69) is 11.5 Å². The number of hydrogen-bond acceptors (Lipinski definition) is 1. The van der Waals surface area contributed by atoms with Gasteiger partial charge in [-0.1, -0.05) is 6.92 Å². The van der Waals surface area contributed by atoms with Crippen molar-refractivity contribution in [3.63, 3.8) is 0 Å². The van der Waals surface area contributed by atoms with Gasteiger partial charge in [0.1, 0.15) is 18.9 Å². The summed E-state index contributed by atoms with van der Waals surface area (Å²) in [6, 6.07) is 0. The smallest absolute Gasteiger partial charge is 0.310 e. The van der Waals surface area contributed by atoms with Crippen molar-refractivity contribution in [2.45, 2.75) is 33.2 Å². The predicted octanol–water partition coefficient (Wildman–Crippen LogP) is 0.986. The van der Waals surface area contributed by atoms with Crippen LogP contribution >= 0.6 is 0 Å². The molecule has 1 unspecified atom stereocenters. The number of nitrogens with zero attached hydrogens (tertiary/aromatic N) is 2. The molecule has 1 atom stereocenters. The maximum Gasteiger partial charge on any atom is 0.310 e. The average Bonchev–Trinajstić information content (AvgIpc) is 2.50. The first kappa shape index (κ1) is 11.8. The van der Waals surface area contributed by atoms with Gasteiger partial charge in [0.15, 0.2) is 0 Å². The van der Waals surface area contributed by atoms with Gasteiger partial charge in [-0.05, 0) is 13.3 Å². The Kier molecular flexibility index (Phi) is 3.88. The van der Waals surface area contributed by atoms with Gasteiger partial charge >= 0.3 is 5.97 Å². The zero-order valence-electron chi connectivity index (χ0n) is 9.60. The number of aryl methyl sites for hydroxylation is 1. The van der Waals surface area contributed by atoms with Crippen LogP contribution in [0.25, 0.3) is 0 Å². The van der Waals surface area contributed by atoms with E-state index in [1.54, 1.807) is 6.92 Å². The second-order valence-corrected chi connectivity index (χ2v) is 3.97. The van der Waals surface area contributed by atoms with Gasteiger partial charge in [0.05, 0.1) is 13.0 Å². The number of carbonyl (C=O) groups is 1. The Morgan fingerprint density at radius 2 is 2.33 bits per heavy atom. The lowest BCUT2D eigenvalue weighted by Crippen LogP contribution is -2.33. The second kappa shape index (κ2) is 4.96. The van der Waals surface area contributed by atoms with E-state index in [1.165, 1.54) is 5.82 Å². The van der Waals surface area contributed by atoms with E-state index in [-0.39, 0.29) is 5.92 Å². The van der Waals surface area contributed by atoms with Gasteiger partial charge in [0, 0.05) is 6.42 Å². The summed E-state index contributed by atoms with van der Waals surface area (Å²) in [4.78, 5) is 10.8. The van der Waals surface area contributed by atoms with Crippen LogP contribution in [-0.4, -0.2) is 15.6 Å². The van der Waals surface area contributed by atoms with Gasteiger partial charge in [0.2, 0.25) is 0 Å². The first-order valence-corrected chi connectivity index (χ1v) is 5.32. The SMILES string of the molecule is CCCc1n(CC(C)C(=O)O)cc[n+]1C. The van der Waals surface area contributed by atoms with E-state index in [1.807, 2.05) is 24.0 Å². The number of aliphatic carboxylic acids is 1. The van der Waals surface area contributed by atoms with Gasteiger partial charge in [-0.25, -0.2) is 9.13 Å². The molecule has 4 nitrogen and oxygen atoms in total. The molecule has 0 bridgehead atoms. The van der Waals surface area contributed by atoms with Crippen molar-refractivity contribution in [2.24, 2.45) is 13.0 Å². The first-order valence-electron chi connectivity index (χ1n) is 5.32. The summed E-state index contributed by atoms with van der Waals surface area (Å²) in [6.07, 6.45) is 5.97. The fraction of sp³-hybridized carbons (Fsp3) is 0.636. The Morgan fingerprint density at radius 3 is 2.87 bits per heavy atom. The molecule has 1 rings (SSSR count). The molecule has 0 saturated carbocycles. The largest absolute Gasteiger partial charge is 0.481 e. The van der Waals surface area contributed by atoms with Gasteiger partial charge < -0.3 is 5.11 Å². The molecule has 0 radical (unpaired) electrons. The third-order valence-electron chi connectivity index (χ3n) is 2.57. The second-order valence-electron chi connectivity index (χ2n) is 3.97. The molecule has 0 aliphatic heterocycles. The van der Waals surface area contributed by atoms with E-state index in [9.17, 15) is 4.79 Å². The Hall–Kier alpha value is -1.32. The fourth-order valence-corrected chi connectivity index (χ4v) is 1.64. The quantitative estimate of drug-likeness (QED) is 0.738. The minimum Gasteiger partial charge on any atom is -0.481 e. The molecule has 1 aromatic heterocycles. The van der Waals surface area contributed by atoms with E-state index < -0.39 is 5.97 Å². The number of rotatable bonds is 5. The van der Waals surface area contributed by atoms with Crippen molar-refractivity contribution >= 4 is 5.97 Å². The topological polar surface area (TPSA) is 46.1 Å². The monoisotopic (exact) mass is 211 g/mol. The number of carboxylic acid groups (broad SMARTS) is 1. The van der Waals surface area contributed by atoms with Crippen LogP contribution in [0.15, 0.2) is 12.4 Å². The van der Waals surface area contributed by atoms with Crippen LogP contribution in [0.1, 0.15) is 26.1 Å². The van der Waals surface area contributed by atoms with Crippen molar-refractivity contribution < 1.29 is 14.5 Å². The molecule has 4 heteroatoms. The van der Waals surface area contributed by atoms with Crippen LogP contribution in [0.5, 0.6) is 0 Å². The van der Waals surface area contributed by atoms with Crippen molar-refractivity contribution in [3.8, 4) is 0 Å². The van der Waals surface area contributed by atoms with Crippen molar-refractivity contribution in [1.29, 1.82) is 0 Å². The standard InChI is InChI=1S/C11H18N2O2/c1-4-5-10-12(3)6-7-13(10)8-9(2)11(14)15/h6-7,9H,4-5,8H2,1-3H3/p+1. The molecule has 1 heterocycles. The van der Waals surface area contributed by atoms with Crippen LogP contribution in [0, 0.1) is 5.92 Å². The Bertz CT molecular complexity index is 344. The van der Waals surface area contributed by atoms with E-state index in [0.29, 0.717) is 6.54 Å². The third-order valence-corrected chi connectivity index (χ3v) is 2.57. The minimum atomic E-state index is -0.742. The van der Waals surface area contributed by atoms with Gasteiger partial charge in [0.25, 0.3) is 5.82 Å². The van der Waals surface area contributed by atoms with Crippen LogP contribution < -0.4 is 4.57 Å². The van der Waals surface area contributed by atoms with Crippen LogP contribution in [0.3, 0.4) is 0 Å². The summed E-state index contributed by atoms with van der Waals surface area (Å²) in [6.45, 7) is 4.40. The Morgan fingerprint density at radius 1 is 1.67 bits per heavy atom. The first-order chi connectivity index (χ1) is 7.06. The highest BCUT2D eigenvalue weighted by atomic mass is 16.4. The molecule has 1 aromatic rings. The number of hydrogen-bond donors (Lipinski definition) is 1. The molecule has 0 aliphatic rings. The fourth-order valence-electron chi connectivity index (χ4n) is 1.64. The number of carboxylic acids is 1. The summed E-state index contributed by atoms with van der Waals surface area (Å²) < 4.78 is 4.08. The molecule has 0 aliphatic carbocycles. The number of aromatic nitrogens is 2. The van der Waals surface area contributed by atoms with Crippen LogP contribution in [0.4, 0.5) is 0 Å². The maximum atomic E-state index is 10.8. The molecular weight excluding hydrogens is 192 g/mol. The molecule has 0 aromatic carbocycles. The Balaban J connectivity index is 2.80. The zero-order chi connectivity index (χ0) is 11.4. The molecule has 0 spiro atoms. The number of imidazole rings is 1. The highest BCUT2D eigenvalue weighted by molar-refractivity contribution is 5.69. The molecule has 15 heavy (non-hydrogen) atoms. The average molecular weight is 211 g/mol. The normalized spacial score (nSPS) is 12.7. The summed E-state index contributed by atoms with van der Waals surface area (Å²) in [5.41, 5.74) is 0. The lowest BCUT2D eigenvalue weighted by atomic mass is 10.2. The third kappa shape index (κ3) is 2.81. The lowest BCUT2D eigenvalue weighted by molar-refractivity contribution is -0.678. The molecular formula is C11H19N2O2+. The van der Waals surface area contributed by atoms with Crippen LogP contribution in [0.2, 0.25) is 0 Å². The van der Waals surface area contributed by atoms with Crippen LogP contribution in [-0.2, 0) is 24.8 Å².